The third-order valence-corrected chi connectivity index (χ3v) is 4.32. The zero-order chi connectivity index (χ0) is 19.3. The molecule has 0 aromatic carbocycles. The molecule has 1 amide bonds. The maximum atomic E-state index is 12.4. The molecule has 0 saturated carbocycles. The number of morpholine rings is 1. The van der Waals surface area contributed by atoms with E-state index >= 15 is 0 Å². The van der Waals surface area contributed by atoms with Crippen LogP contribution in [0.15, 0.2) is 41.2 Å². The van der Waals surface area contributed by atoms with E-state index in [-0.39, 0.29) is 18.1 Å². The summed E-state index contributed by atoms with van der Waals surface area (Å²) < 4.78 is 10.6. The van der Waals surface area contributed by atoms with Crippen LogP contribution in [0, 0.1) is 6.92 Å². The Morgan fingerprint density at radius 1 is 1.25 bits per heavy atom. The molecule has 1 N–H and O–H groups in total. The lowest BCUT2D eigenvalue weighted by Gasteiger charge is -2.28. The molecule has 0 radical (unpaired) electrons. The van der Waals surface area contributed by atoms with Gasteiger partial charge in [0.25, 0.3) is 5.91 Å². The Bertz CT molecular complexity index is 953. The molecule has 1 aliphatic heterocycles. The minimum atomic E-state index is -0.350. The Hall–Kier alpha value is -3.33. The first-order chi connectivity index (χ1) is 13.7. The molecule has 0 spiro atoms. The predicted octanol–water partition coefficient (Wildman–Crippen LogP) is 1.60. The summed E-state index contributed by atoms with van der Waals surface area (Å²) in [5, 5.41) is 6.63. The van der Waals surface area contributed by atoms with E-state index in [0.29, 0.717) is 24.8 Å². The third kappa shape index (κ3) is 4.15. The molecule has 144 valence electrons. The molecule has 0 aliphatic carbocycles. The van der Waals surface area contributed by atoms with Crippen molar-refractivity contribution in [2.75, 3.05) is 31.2 Å². The van der Waals surface area contributed by atoms with Crippen LogP contribution >= 0.6 is 0 Å². The summed E-state index contributed by atoms with van der Waals surface area (Å²) in [6.07, 6.45) is 3.32. The summed E-state index contributed by atoms with van der Waals surface area (Å²) in [5.41, 5.74) is 1.80. The van der Waals surface area contributed by atoms with Crippen molar-refractivity contribution >= 4 is 11.7 Å². The van der Waals surface area contributed by atoms with Crippen LogP contribution in [-0.2, 0) is 11.3 Å². The Balaban J connectivity index is 1.42. The van der Waals surface area contributed by atoms with Crippen molar-refractivity contribution in [1.29, 1.82) is 0 Å². The van der Waals surface area contributed by atoms with E-state index in [1.807, 2.05) is 19.1 Å². The highest BCUT2D eigenvalue weighted by molar-refractivity contribution is 5.92. The largest absolute Gasteiger partial charge is 0.378 e. The summed E-state index contributed by atoms with van der Waals surface area (Å²) >= 11 is 0. The fraction of sp³-hybridized carbons (Fsp3) is 0.316. The number of amides is 1. The number of hydrogen-bond acceptors (Lipinski definition) is 8. The van der Waals surface area contributed by atoms with Gasteiger partial charge in [0.2, 0.25) is 0 Å². The molecule has 0 unspecified atom stereocenters. The molecule has 28 heavy (non-hydrogen) atoms. The van der Waals surface area contributed by atoms with Gasteiger partial charge in [0.05, 0.1) is 19.8 Å². The van der Waals surface area contributed by atoms with Crippen molar-refractivity contribution in [2.24, 2.45) is 0 Å². The van der Waals surface area contributed by atoms with Crippen LogP contribution in [0.3, 0.4) is 0 Å². The van der Waals surface area contributed by atoms with Gasteiger partial charge in [0.1, 0.15) is 11.6 Å². The maximum absolute atomic E-state index is 12.4. The lowest BCUT2D eigenvalue weighted by atomic mass is 10.2. The van der Waals surface area contributed by atoms with Gasteiger partial charge >= 0.3 is 0 Å². The number of anilines is 1. The molecule has 0 bridgehead atoms. The molecule has 1 fully saturated rings. The molecule has 1 aliphatic rings. The molecule has 3 aromatic rings. The fourth-order valence-electron chi connectivity index (χ4n) is 2.92. The zero-order valence-corrected chi connectivity index (χ0v) is 15.5. The van der Waals surface area contributed by atoms with Crippen molar-refractivity contribution in [3.05, 3.63) is 53.9 Å². The first kappa shape index (κ1) is 18.1. The SMILES string of the molecule is Cc1cc(N2CCOCC2)nc(CNC(=O)c2cc(-c3cccnc3)on2)n1. The molecule has 4 rings (SSSR count). The van der Waals surface area contributed by atoms with Crippen LogP contribution in [-0.4, -0.2) is 52.3 Å². The fourth-order valence-corrected chi connectivity index (χ4v) is 2.92. The second kappa shape index (κ2) is 8.13. The molecule has 9 heteroatoms. The summed E-state index contributed by atoms with van der Waals surface area (Å²) in [5.74, 6) is 1.53. The number of rotatable bonds is 5. The van der Waals surface area contributed by atoms with E-state index in [2.05, 4.69) is 30.3 Å². The second-order valence-electron chi connectivity index (χ2n) is 6.38. The molecule has 1 saturated heterocycles. The number of carbonyl (C=O) groups excluding carboxylic acids is 1. The number of carbonyl (C=O) groups is 1. The molecule has 3 aromatic heterocycles. The minimum Gasteiger partial charge on any atom is -0.378 e. The van der Waals surface area contributed by atoms with Crippen LogP contribution < -0.4 is 10.2 Å². The van der Waals surface area contributed by atoms with E-state index in [4.69, 9.17) is 9.26 Å². The number of aromatic nitrogens is 4. The van der Waals surface area contributed by atoms with Gasteiger partial charge in [0, 0.05) is 48.9 Å². The van der Waals surface area contributed by atoms with Crippen molar-refractivity contribution in [3.8, 4) is 11.3 Å². The summed E-state index contributed by atoms with van der Waals surface area (Å²) in [7, 11) is 0. The Labute approximate surface area is 161 Å². The lowest BCUT2D eigenvalue weighted by molar-refractivity contribution is 0.0941. The van der Waals surface area contributed by atoms with Gasteiger partial charge < -0.3 is 19.5 Å². The van der Waals surface area contributed by atoms with Crippen LogP contribution in [0.4, 0.5) is 5.82 Å². The number of aryl methyl sites for hydroxylation is 1. The minimum absolute atomic E-state index is 0.194. The van der Waals surface area contributed by atoms with Gasteiger partial charge in [-0.05, 0) is 19.1 Å². The van der Waals surface area contributed by atoms with Crippen molar-refractivity contribution < 1.29 is 14.1 Å². The third-order valence-electron chi connectivity index (χ3n) is 4.32. The van der Waals surface area contributed by atoms with Gasteiger partial charge in [-0.2, -0.15) is 0 Å². The first-order valence-corrected chi connectivity index (χ1v) is 9.01. The number of hydrogen-bond donors (Lipinski definition) is 1. The molecular weight excluding hydrogens is 360 g/mol. The second-order valence-corrected chi connectivity index (χ2v) is 6.38. The molecule has 0 atom stereocenters. The van der Waals surface area contributed by atoms with Crippen LogP contribution in [0.1, 0.15) is 22.0 Å². The molecule has 9 nitrogen and oxygen atoms in total. The van der Waals surface area contributed by atoms with Crippen molar-refractivity contribution in [3.63, 3.8) is 0 Å². The van der Waals surface area contributed by atoms with Gasteiger partial charge in [0.15, 0.2) is 11.5 Å². The number of ether oxygens (including phenoxy) is 1. The van der Waals surface area contributed by atoms with Crippen molar-refractivity contribution in [2.45, 2.75) is 13.5 Å². The van der Waals surface area contributed by atoms with E-state index in [9.17, 15) is 4.79 Å². The number of pyridine rings is 1. The smallest absolute Gasteiger partial charge is 0.273 e. The van der Waals surface area contributed by atoms with Crippen molar-refractivity contribution in [1.82, 2.24) is 25.4 Å². The summed E-state index contributed by atoms with van der Waals surface area (Å²) in [4.78, 5) is 27.6. The van der Waals surface area contributed by atoms with E-state index in [0.717, 1.165) is 30.2 Å². The molecule has 4 heterocycles. The highest BCUT2D eigenvalue weighted by Crippen LogP contribution is 2.19. The zero-order valence-electron chi connectivity index (χ0n) is 15.5. The van der Waals surface area contributed by atoms with E-state index < -0.39 is 0 Å². The quantitative estimate of drug-likeness (QED) is 0.711. The van der Waals surface area contributed by atoms with Gasteiger partial charge in [-0.25, -0.2) is 9.97 Å². The topological polar surface area (TPSA) is 106 Å². The highest BCUT2D eigenvalue weighted by atomic mass is 16.5. The normalized spacial score (nSPS) is 14.1. The van der Waals surface area contributed by atoms with Gasteiger partial charge in [-0.3, -0.25) is 9.78 Å². The Morgan fingerprint density at radius 3 is 2.89 bits per heavy atom. The first-order valence-electron chi connectivity index (χ1n) is 9.01. The van der Waals surface area contributed by atoms with Gasteiger partial charge in [-0.1, -0.05) is 5.16 Å². The lowest BCUT2D eigenvalue weighted by Crippen LogP contribution is -2.37. The van der Waals surface area contributed by atoms with E-state index in [1.165, 1.54) is 0 Å². The van der Waals surface area contributed by atoms with E-state index in [1.54, 1.807) is 24.5 Å². The maximum Gasteiger partial charge on any atom is 0.273 e. The Kier molecular flexibility index (Phi) is 5.24. The predicted molar refractivity (Wildman–Crippen MR) is 101 cm³/mol. The summed E-state index contributed by atoms with van der Waals surface area (Å²) in [6, 6.07) is 7.15. The van der Waals surface area contributed by atoms with Crippen LogP contribution in [0.2, 0.25) is 0 Å². The monoisotopic (exact) mass is 380 g/mol. The highest BCUT2D eigenvalue weighted by Gasteiger charge is 2.16. The van der Waals surface area contributed by atoms with Crippen LogP contribution in [0.5, 0.6) is 0 Å². The van der Waals surface area contributed by atoms with Gasteiger partial charge in [-0.15, -0.1) is 0 Å². The molecular formula is C19H20N6O3. The standard InChI is InChI=1S/C19H20N6O3/c1-13-9-18(25-5-7-27-8-6-25)23-17(22-13)12-21-19(26)15-10-16(28-24-15)14-3-2-4-20-11-14/h2-4,9-11H,5-8,12H2,1H3,(H,21,26). The summed E-state index contributed by atoms with van der Waals surface area (Å²) in [6.45, 7) is 5.05. The average Bonchev–Trinajstić information content (AvgIpc) is 3.23. The van der Waals surface area contributed by atoms with Crippen LogP contribution in [0.25, 0.3) is 11.3 Å². The number of nitrogens with zero attached hydrogens (tertiary/aromatic N) is 5. The average molecular weight is 380 g/mol. The Morgan fingerprint density at radius 2 is 2.11 bits per heavy atom. The number of nitrogens with one attached hydrogen (secondary N) is 1.